The predicted octanol–water partition coefficient (Wildman–Crippen LogP) is 13.9. The number of benzene rings is 6. The molecule has 2 heteroatoms. The van der Waals surface area contributed by atoms with Gasteiger partial charge in [-0.2, -0.15) is 0 Å². The van der Waals surface area contributed by atoms with E-state index in [9.17, 15) is 0 Å². The van der Waals surface area contributed by atoms with Crippen molar-refractivity contribution in [1.82, 2.24) is 0 Å². The smallest absolute Gasteiger partial charge is 0.0923 e. The molecule has 1 aliphatic carbocycles. The Morgan fingerprint density at radius 1 is 0.481 bits per heavy atom. The van der Waals surface area contributed by atoms with Crippen LogP contribution >= 0.6 is 0 Å². The summed E-state index contributed by atoms with van der Waals surface area (Å²) in [4.78, 5) is 4.88. The first kappa shape index (κ1) is 34.8. The van der Waals surface area contributed by atoms with E-state index in [0.717, 1.165) is 30.6 Å². The molecule has 0 spiro atoms. The molecule has 52 heavy (non-hydrogen) atoms. The van der Waals surface area contributed by atoms with E-state index in [1.165, 1.54) is 70.6 Å². The number of allylic oxidation sites excluding steroid dienone is 2. The molecule has 0 N–H and O–H groups in total. The van der Waals surface area contributed by atoms with Crippen LogP contribution in [-0.4, -0.2) is 0 Å². The van der Waals surface area contributed by atoms with Crippen LogP contribution in [0.1, 0.15) is 68.2 Å². The molecule has 2 nitrogen and oxygen atoms in total. The lowest BCUT2D eigenvalue weighted by molar-refractivity contribution is 0.548. The summed E-state index contributed by atoms with van der Waals surface area (Å²) in [6.07, 6.45) is 15.1. The number of hydrogen-bond donors (Lipinski definition) is 0. The zero-order valence-electron chi connectivity index (χ0n) is 30.7. The van der Waals surface area contributed by atoms with Gasteiger partial charge in [-0.15, -0.1) is 0 Å². The van der Waals surface area contributed by atoms with Crippen LogP contribution in [0.4, 0.5) is 28.4 Å². The molecule has 0 fully saturated rings. The van der Waals surface area contributed by atoms with Gasteiger partial charge in [0.05, 0.1) is 5.54 Å². The zero-order chi connectivity index (χ0) is 35.6. The van der Waals surface area contributed by atoms with E-state index in [2.05, 4.69) is 206 Å². The maximum absolute atomic E-state index is 2.53. The molecule has 0 amide bonds. The minimum atomic E-state index is -0.398. The fourth-order valence-corrected chi connectivity index (χ4v) is 7.48. The fraction of sp³-hybridized carbons (Fsp3) is 0.200. The van der Waals surface area contributed by atoms with Crippen LogP contribution in [0.3, 0.4) is 0 Å². The normalized spacial score (nSPS) is 15.2. The Labute approximate surface area is 311 Å². The first-order chi connectivity index (χ1) is 25.7. The van der Waals surface area contributed by atoms with E-state index in [4.69, 9.17) is 0 Å². The van der Waals surface area contributed by atoms with Crippen LogP contribution in [0.25, 0.3) is 5.57 Å². The summed E-state index contributed by atoms with van der Waals surface area (Å²) in [5.41, 5.74) is 12.0. The molecule has 1 aliphatic rings. The Hall–Kier alpha value is -5.60. The van der Waals surface area contributed by atoms with Gasteiger partial charge in [-0.25, -0.2) is 0 Å². The lowest BCUT2D eigenvalue weighted by Gasteiger charge is -2.45. The van der Waals surface area contributed by atoms with Gasteiger partial charge < -0.3 is 9.80 Å². The first-order valence-electron chi connectivity index (χ1n) is 19.1. The van der Waals surface area contributed by atoms with Gasteiger partial charge in [0.2, 0.25) is 0 Å². The van der Waals surface area contributed by atoms with E-state index < -0.39 is 5.54 Å². The summed E-state index contributed by atoms with van der Waals surface area (Å²) in [5, 5.41) is 0. The van der Waals surface area contributed by atoms with Crippen molar-refractivity contribution in [1.29, 1.82) is 0 Å². The highest BCUT2D eigenvalue weighted by molar-refractivity contribution is 5.81. The van der Waals surface area contributed by atoms with E-state index in [1.807, 2.05) is 0 Å². The van der Waals surface area contributed by atoms with E-state index in [-0.39, 0.29) is 0 Å². The molecule has 0 saturated carbocycles. The Morgan fingerprint density at radius 2 is 0.923 bits per heavy atom. The Kier molecular flexibility index (Phi) is 11.1. The molecular formula is C50H50N2. The van der Waals surface area contributed by atoms with Gasteiger partial charge in [0.15, 0.2) is 0 Å². The summed E-state index contributed by atoms with van der Waals surface area (Å²) in [5.74, 6) is 0. The van der Waals surface area contributed by atoms with Gasteiger partial charge in [0, 0.05) is 28.4 Å². The van der Waals surface area contributed by atoms with Gasteiger partial charge in [-0.05, 0) is 121 Å². The average molecular weight is 679 g/mol. The summed E-state index contributed by atoms with van der Waals surface area (Å²) < 4.78 is 0. The van der Waals surface area contributed by atoms with Gasteiger partial charge in [-0.1, -0.05) is 148 Å². The number of para-hydroxylation sites is 2. The second-order valence-electron chi connectivity index (χ2n) is 13.9. The molecular weight excluding hydrogens is 629 g/mol. The molecule has 6 aromatic rings. The maximum atomic E-state index is 2.53. The highest BCUT2D eigenvalue weighted by Crippen LogP contribution is 2.46. The molecule has 1 atom stereocenters. The van der Waals surface area contributed by atoms with Crippen LogP contribution in [0.15, 0.2) is 182 Å². The summed E-state index contributed by atoms with van der Waals surface area (Å²) in [7, 11) is 0. The quantitative estimate of drug-likeness (QED) is 0.113. The van der Waals surface area contributed by atoms with E-state index >= 15 is 0 Å². The molecule has 0 saturated heterocycles. The molecule has 0 radical (unpaired) electrons. The summed E-state index contributed by atoms with van der Waals surface area (Å²) in [6.45, 7) is 4.51. The molecule has 1 unspecified atom stereocenters. The third-order valence-corrected chi connectivity index (χ3v) is 10.4. The lowest BCUT2D eigenvalue weighted by atomic mass is 9.79. The highest BCUT2D eigenvalue weighted by atomic mass is 15.2. The van der Waals surface area contributed by atoms with Crippen molar-refractivity contribution in [2.75, 3.05) is 9.80 Å². The van der Waals surface area contributed by atoms with E-state index in [1.54, 1.807) is 0 Å². The minimum Gasteiger partial charge on any atom is -0.327 e. The SMILES string of the molecule is CCCCc1ccc(N(c2ccccc2)c2ccc(C3=CCC(c4ccccc4)(N(c4ccccc4)c4ccc(CCCC)cc4)C=C3)cc2)cc1. The third-order valence-electron chi connectivity index (χ3n) is 10.4. The van der Waals surface area contributed by atoms with Crippen molar-refractivity contribution >= 4 is 34.0 Å². The third kappa shape index (κ3) is 7.67. The van der Waals surface area contributed by atoms with Crippen molar-refractivity contribution in [3.63, 3.8) is 0 Å². The summed E-state index contributed by atoms with van der Waals surface area (Å²) in [6, 6.07) is 59.9. The number of anilines is 5. The molecule has 0 heterocycles. The average Bonchev–Trinajstić information content (AvgIpc) is 3.22. The van der Waals surface area contributed by atoms with Crippen molar-refractivity contribution in [2.45, 2.75) is 64.3 Å². The summed E-state index contributed by atoms with van der Waals surface area (Å²) >= 11 is 0. The van der Waals surface area contributed by atoms with Crippen molar-refractivity contribution in [3.8, 4) is 0 Å². The number of nitrogens with zero attached hydrogens (tertiary/aromatic N) is 2. The van der Waals surface area contributed by atoms with Gasteiger partial charge in [-0.3, -0.25) is 0 Å². The number of hydrogen-bond acceptors (Lipinski definition) is 2. The minimum absolute atomic E-state index is 0.398. The zero-order valence-corrected chi connectivity index (χ0v) is 30.7. The molecule has 7 rings (SSSR count). The Bertz CT molecular complexity index is 2050. The van der Waals surface area contributed by atoms with Crippen molar-refractivity contribution in [2.24, 2.45) is 0 Å². The van der Waals surface area contributed by atoms with E-state index in [0.29, 0.717) is 0 Å². The lowest BCUT2D eigenvalue weighted by Crippen LogP contribution is -2.42. The standard InChI is InChI=1S/C50H50N2/c1-3-5-16-40-24-30-46(31-25-40)51(45-20-12-8-13-21-45)47-34-28-42(29-35-47)43-36-38-50(39-37-43,44-18-10-7-11-19-44)52(48-22-14-9-15-23-48)49-32-26-41(27-33-49)17-6-4-2/h7-15,18-38H,3-6,16-17,39H2,1-2H3. The first-order valence-corrected chi connectivity index (χ1v) is 19.1. The van der Waals surface area contributed by atoms with Crippen LogP contribution in [0, 0.1) is 0 Å². The fourth-order valence-electron chi connectivity index (χ4n) is 7.48. The van der Waals surface area contributed by atoms with Gasteiger partial charge in [0.1, 0.15) is 0 Å². The molecule has 0 bridgehead atoms. The monoisotopic (exact) mass is 678 g/mol. The largest absolute Gasteiger partial charge is 0.327 e. The Morgan fingerprint density at radius 3 is 1.42 bits per heavy atom. The van der Waals surface area contributed by atoms with Gasteiger partial charge >= 0.3 is 0 Å². The predicted molar refractivity (Wildman–Crippen MR) is 223 cm³/mol. The maximum Gasteiger partial charge on any atom is 0.0923 e. The molecule has 0 aromatic heterocycles. The molecule has 260 valence electrons. The van der Waals surface area contributed by atoms with Crippen molar-refractivity contribution < 1.29 is 0 Å². The number of unbranched alkanes of at least 4 members (excludes halogenated alkanes) is 2. The van der Waals surface area contributed by atoms with Crippen LogP contribution in [0.2, 0.25) is 0 Å². The molecule has 6 aromatic carbocycles. The topological polar surface area (TPSA) is 6.48 Å². The second-order valence-corrected chi connectivity index (χ2v) is 13.9. The van der Waals surface area contributed by atoms with Crippen LogP contribution in [0.5, 0.6) is 0 Å². The van der Waals surface area contributed by atoms with Crippen molar-refractivity contribution in [3.05, 3.63) is 204 Å². The Balaban J connectivity index is 1.22. The molecule has 0 aliphatic heterocycles. The second kappa shape index (κ2) is 16.6. The van der Waals surface area contributed by atoms with Crippen LogP contribution < -0.4 is 9.80 Å². The number of aryl methyl sites for hydroxylation is 2. The van der Waals surface area contributed by atoms with Gasteiger partial charge in [0.25, 0.3) is 0 Å². The van der Waals surface area contributed by atoms with Crippen LogP contribution in [-0.2, 0) is 18.4 Å². The number of rotatable bonds is 14. The highest BCUT2D eigenvalue weighted by Gasteiger charge is 2.38.